The van der Waals surface area contributed by atoms with Gasteiger partial charge in [-0.1, -0.05) is 51.3 Å². The van der Waals surface area contributed by atoms with Crippen molar-refractivity contribution in [2.75, 3.05) is 6.54 Å². The SMILES string of the molecule is CCCCC[C@H](C)CNC(=S)NNC(=O)c1cc2ccccc2o1. The number of hydrogen-bond donors (Lipinski definition) is 3. The van der Waals surface area contributed by atoms with Crippen LogP contribution in [0.15, 0.2) is 34.7 Å². The van der Waals surface area contributed by atoms with Gasteiger partial charge in [0.2, 0.25) is 0 Å². The molecule has 1 aromatic heterocycles. The Morgan fingerprint density at radius 2 is 2.04 bits per heavy atom. The Kier molecular flexibility index (Phi) is 7.06. The summed E-state index contributed by atoms with van der Waals surface area (Å²) in [5, 5.41) is 4.42. The Labute approximate surface area is 148 Å². The summed E-state index contributed by atoms with van der Waals surface area (Å²) in [6.45, 7) is 5.18. The highest BCUT2D eigenvalue weighted by molar-refractivity contribution is 7.80. The van der Waals surface area contributed by atoms with Crippen LogP contribution in [-0.4, -0.2) is 17.6 Å². The van der Waals surface area contributed by atoms with Crippen molar-refractivity contribution >= 4 is 34.2 Å². The quantitative estimate of drug-likeness (QED) is 0.404. The molecule has 2 rings (SSSR count). The van der Waals surface area contributed by atoms with Crippen molar-refractivity contribution in [1.82, 2.24) is 16.2 Å². The summed E-state index contributed by atoms with van der Waals surface area (Å²) in [7, 11) is 0. The first-order valence-corrected chi connectivity index (χ1v) is 8.83. The number of hydrogen-bond acceptors (Lipinski definition) is 3. The van der Waals surface area contributed by atoms with Gasteiger partial charge in [-0.25, -0.2) is 0 Å². The van der Waals surface area contributed by atoms with Crippen molar-refractivity contribution in [3.63, 3.8) is 0 Å². The Balaban J connectivity index is 1.72. The molecule has 0 saturated heterocycles. The summed E-state index contributed by atoms with van der Waals surface area (Å²) in [6.07, 6.45) is 4.91. The van der Waals surface area contributed by atoms with Gasteiger partial charge in [0, 0.05) is 11.9 Å². The van der Waals surface area contributed by atoms with Crippen LogP contribution in [0.2, 0.25) is 0 Å². The molecule has 130 valence electrons. The van der Waals surface area contributed by atoms with E-state index in [4.69, 9.17) is 16.6 Å². The largest absolute Gasteiger partial charge is 0.451 e. The molecule has 1 aromatic carbocycles. The van der Waals surface area contributed by atoms with Gasteiger partial charge in [0.1, 0.15) is 5.58 Å². The van der Waals surface area contributed by atoms with Gasteiger partial charge in [0.05, 0.1) is 0 Å². The molecule has 0 aliphatic rings. The maximum absolute atomic E-state index is 12.1. The van der Waals surface area contributed by atoms with Crippen LogP contribution in [0.4, 0.5) is 0 Å². The first-order valence-electron chi connectivity index (χ1n) is 8.43. The first kappa shape index (κ1) is 18.3. The maximum Gasteiger partial charge on any atom is 0.305 e. The molecule has 1 amide bonds. The summed E-state index contributed by atoms with van der Waals surface area (Å²) in [5.74, 6) is 0.438. The van der Waals surface area contributed by atoms with Crippen LogP contribution < -0.4 is 16.2 Å². The van der Waals surface area contributed by atoms with E-state index in [1.54, 1.807) is 6.07 Å². The Hall–Kier alpha value is -2.08. The molecule has 0 fully saturated rings. The number of para-hydroxylation sites is 1. The number of furan rings is 1. The monoisotopic (exact) mass is 347 g/mol. The Bertz CT molecular complexity index is 651. The molecule has 0 spiro atoms. The van der Waals surface area contributed by atoms with Crippen molar-refractivity contribution in [2.24, 2.45) is 5.92 Å². The van der Waals surface area contributed by atoms with Crippen molar-refractivity contribution < 1.29 is 9.21 Å². The van der Waals surface area contributed by atoms with E-state index in [2.05, 4.69) is 30.0 Å². The second-order valence-corrected chi connectivity index (χ2v) is 6.45. The average Bonchev–Trinajstić information content (AvgIpc) is 3.02. The summed E-state index contributed by atoms with van der Waals surface area (Å²) in [4.78, 5) is 12.1. The second-order valence-electron chi connectivity index (χ2n) is 6.04. The molecule has 0 bridgehead atoms. The van der Waals surface area contributed by atoms with E-state index in [9.17, 15) is 4.79 Å². The van der Waals surface area contributed by atoms with E-state index in [0.717, 1.165) is 11.9 Å². The van der Waals surface area contributed by atoms with Gasteiger partial charge < -0.3 is 9.73 Å². The summed E-state index contributed by atoms with van der Waals surface area (Å²) >= 11 is 5.17. The molecule has 0 unspecified atom stereocenters. The zero-order valence-electron chi connectivity index (χ0n) is 14.2. The zero-order chi connectivity index (χ0) is 17.4. The van der Waals surface area contributed by atoms with Gasteiger partial charge in [-0.15, -0.1) is 0 Å². The number of hydrazine groups is 1. The highest BCUT2D eigenvalue weighted by atomic mass is 32.1. The number of rotatable bonds is 7. The molecule has 1 atom stereocenters. The molecule has 0 aliphatic heterocycles. The number of unbranched alkanes of at least 4 members (excludes halogenated alkanes) is 2. The predicted octanol–water partition coefficient (Wildman–Crippen LogP) is 3.76. The predicted molar refractivity (Wildman–Crippen MR) is 101 cm³/mol. The lowest BCUT2D eigenvalue weighted by Crippen LogP contribution is -2.47. The van der Waals surface area contributed by atoms with Gasteiger partial charge in [-0.3, -0.25) is 15.6 Å². The first-order chi connectivity index (χ1) is 11.6. The molecular formula is C18H25N3O2S. The highest BCUT2D eigenvalue weighted by Gasteiger charge is 2.12. The molecular weight excluding hydrogens is 322 g/mol. The average molecular weight is 347 g/mol. The summed E-state index contributed by atoms with van der Waals surface area (Å²) < 4.78 is 5.50. The standard InChI is InChI=1S/C18H25N3O2S/c1-3-4-5-8-13(2)12-19-18(24)21-20-17(22)16-11-14-9-6-7-10-15(14)23-16/h6-7,9-11,13H,3-5,8,12H2,1-2H3,(H,20,22)(H2,19,21,24)/t13-/m0/s1. The fourth-order valence-electron chi connectivity index (χ4n) is 2.42. The van der Waals surface area contributed by atoms with Crippen molar-refractivity contribution in [3.8, 4) is 0 Å². The molecule has 24 heavy (non-hydrogen) atoms. The minimum absolute atomic E-state index is 0.249. The van der Waals surface area contributed by atoms with Gasteiger partial charge >= 0.3 is 5.91 Å². The number of fused-ring (bicyclic) bond motifs is 1. The van der Waals surface area contributed by atoms with Gasteiger partial charge in [-0.2, -0.15) is 0 Å². The third-order valence-electron chi connectivity index (χ3n) is 3.85. The van der Waals surface area contributed by atoms with Crippen LogP contribution in [0.25, 0.3) is 11.0 Å². The van der Waals surface area contributed by atoms with Gasteiger partial charge in [-0.05, 0) is 36.7 Å². The van der Waals surface area contributed by atoms with E-state index in [1.807, 2.05) is 24.3 Å². The maximum atomic E-state index is 12.1. The highest BCUT2D eigenvalue weighted by Crippen LogP contribution is 2.18. The molecule has 0 aliphatic carbocycles. The van der Waals surface area contributed by atoms with Crippen LogP contribution in [0, 0.1) is 5.92 Å². The van der Waals surface area contributed by atoms with E-state index in [0.29, 0.717) is 16.6 Å². The number of carbonyl (C=O) groups is 1. The molecule has 0 radical (unpaired) electrons. The molecule has 0 saturated carbocycles. The van der Waals surface area contributed by atoms with E-state index in [1.165, 1.54) is 25.7 Å². The smallest absolute Gasteiger partial charge is 0.305 e. The van der Waals surface area contributed by atoms with Crippen LogP contribution in [0.1, 0.15) is 50.1 Å². The normalized spacial score (nSPS) is 11.9. The van der Waals surface area contributed by atoms with Crippen LogP contribution in [0.5, 0.6) is 0 Å². The molecule has 6 heteroatoms. The Morgan fingerprint density at radius 1 is 1.25 bits per heavy atom. The fraction of sp³-hybridized carbons (Fsp3) is 0.444. The molecule has 3 N–H and O–H groups in total. The number of nitrogens with one attached hydrogen (secondary N) is 3. The fourth-order valence-corrected chi connectivity index (χ4v) is 2.56. The van der Waals surface area contributed by atoms with Crippen LogP contribution >= 0.6 is 12.2 Å². The van der Waals surface area contributed by atoms with Crippen LogP contribution in [0.3, 0.4) is 0 Å². The lowest BCUT2D eigenvalue weighted by Gasteiger charge is -2.15. The van der Waals surface area contributed by atoms with Gasteiger partial charge in [0.25, 0.3) is 0 Å². The summed E-state index contributed by atoms with van der Waals surface area (Å²) in [5.41, 5.74) is 5.94. The van der Waals surface area contributed by atoms with Crippen molar-refractivity contribution in [3.05, 3.63) is 36.1 Å². The number of benzene rings is 1. The topological polar surface area (TPSA) is 66.3 Å². The lowest BCUT2D eigenvalue weighted by molar-refractivity contribution is 0.0918. The molecule has 1 heterocycles. The second kappa shape index (κ2) is 9.27. The number of carbonyl (C=O) groups excluding carboxylic acids is 1. The third-order valence-corrected chi connectivity index (χ3v) is 4.10. The lowest BCUT2D eigenvalue weighted by atomic mass is 10.0. The minimum Gasteiger partial charge on any atom is -0.451 e. The van der Waals surface area contributed by atoms with Crippen LogP contribution in [-0.2, 0) is 0 Å². The zero-order valence-corrected chi connectivity index (χ0v) is 15.0. The van der Waals surface area contributed by atoms with Crippen molar-refractivity contribution in [1.29, 1.82) is 0 Å². The summed E-state index contributed by atoms with van der Waals surface area (Å²) in [6, 6.07) is 9.20. The van der Waals surface area contributed by atoms with Crippen molar-refractivity contribution in [2.45, 2.75) is 39.5 Å². The van der Waals surface area contributed by atoms with E-state index < -0.39 is 0 Å². The third kappa shape index (κ3) is 5.53. The van der Waals surface area contributed by atoms with E-state index in [-0.39, 0.29) is 11.7 Å². The number of amides is 1. The minimum atomic E-state index is -0.355. The molecule has 2 aromatic rings. The number of thiocarbonyl (C=S) groups is 1. The van der Waals surface area contributed by atoms with Gasteiger partial charge in [0.15, 0.2) is 10.9 Å². The van der Waals surface area contributed by atoms with E-state index >= 15 is 0 Å². The molecule has 5 nitrogen and oxygen atoms in total. The Morgan fingerprint density at radius 3 is 2.79 bits per heavy atom.